The van der Waals surface area contributed by atoms with Gasteiger partial charge in [-0.3, -0.25) is 9.78 Å². The van der Waals surface area contributed by atoms with Crippen molar-refractivity contribution in [1.29, 1.82) is 0 Å². The summed E-state index contributed by atoms with van der Waals surface area (Å²) in [7, 11) is 1.41. The van der Waals surface area contributed by atoms with Crippen molar-refractivity contribution in [3.8, 4) is 17.3 Å². The second-order valence-corrected chi connectivity index (χ2v) is 8.50. The van der Waals surface area contributed by atoms with Crippen LogP contribution in [0, 0.1) is 11.2 Å². The highest BCUT2D eigenvalue weighted by Gasteiger charge is 2.34. The molecule has 4 rings (SSSR count). The molecule has 0 aliphatic heterocycles. The maximum atomic E-state index is 14.0. The Morgan fingerprint density at radius 3 is 2.81 bits per heavy atom. The largest absolute Gasteiger partial charge is 0.494 e. The Labute approximate surface area is 180 Å². The molecule has 1 aliphatic rings. The van der Waals surface area contributed by atoms with Gasteiger partial charge >= 0.3 is 0 Å². The van der Waals surface area contributed by atoms with E-state index in [2.05, 4.69) is 34.1 Å². The topological polar surface area (TPSA) is 89.9 Å². The molecule has 1 aromatic carbocycles. The molecular weight excluding hydrogens is 397 g/mol. The summed E-state index contributed by atoms with van der Waals surface area (Å²) in [4.78, 5) is 30.3. The minimum Gasteiger partial charge on any atom is -0.494 e. The van der Waals surface area contributed by atoms with Gasteiger partial charge in [-0.2, -0.15) is 0 Å². The molecule has 0 fully saturated rings. The smallest absolute Gasteiger partial charge is 0.224 e. The van der Waals surface area contributed by atoms with E-state index in [4.69, 9.17) is 9.72 Å². The molecule has 0 bridgehead atoms. The molecule has 7 nitrogen and oxygen atoms in total. The zero-order valence-corrected chi connectivity index (χ0v) is 17.7. The van der Waals surface area contributed by atoms with Crippen molar-refractivity contribution in [3.05, 3.63) is 65.6 Å². The van der Waals surface area contributed by atoms with Crippen LogP contribution in [0.4, 0.5) is 4.39 Å². The molecule has 0 radical (unpaired) electrons. The molecule has 8 heteroatoms. The number of benzene rings is 1. The van der Waals surface area contributed by atoms with Crippen LogP contribution in [-0.4, -0.2) is 33.0 Å². The number of methoxy groups -OCH3 is 1. The lowest BCUT2D eigenvalue weighted by atomic mass is 9.74. The Morgan fingerprint density at radius 1 is 1.26 bits per heavy atom. The maximum Gasteiger partial charge on any atom is 0.224 e. The summed E-state index contributed by atoms with van der Waals surface area (Å²) >= 11 is 0. The van der Waals surface area contributed by atoms with Gasteiger partial charge in [-0.05, 0) is 36.0 Å². The maximum absolute atomic E-state index is 14.0. The molecule has 0 unspecified atom stereocenters. The minimum atomic E-state index is -0.484. The van der Waals surface area contributed by atoms with Crippen LogP contribution < -0.4 is 10.1 Å². The second kappa shape index (κ2) is 8.37. The molecule has 0 spiro atoms. The molecule has 160 valence electrons. The Balaban J connectivity index is 1.55. The van der Waals surface area contributed by atoms with Crippen molar-refractivity contribution in [3.63, 3.8) is 0 Å². The van der Waals surface area contributed by atoms with Crippen LogP contribution in [0.3, 0.4) is 0 Å². The molecule has 1 atom stereocenters. The summed E-state index contributed by atoms with van der Waals surface area (Å²) in [5.41, 5.74) is 2.94. The number of halogens is 1. The first-order valence-electron chi connectivity index (χ1n) is 10.1. The minimum absolute atomic E-state index is 0.0504. The average Bonchev–Trinajstić information content (AvgIpc) is 2.73. The summed E-state index contributed by atoms with van der Waals surface area (Å²) in [6.07, 6.45) is 8.21. The lowest BCUT2D eigenvalue weighted by molar-refractivity contribution is -0.121. The number of amides is 1. The zero-order valence-electron chi connectivity index (χ0n) is 17.7. The number of aromatic nitrogens is 4. The normalized spacial score (nSPS) is 17.0. The van der Waals surface area contributed by atoms with Crippen LogP contribution in [0.25, 0.3) is 11.5 Å². The van der Waals surface area contributed by atoms with Crippen molar-refractivity contribution < 1.29 is 13.9 Å². The van der Waals surface area contributed by atoms with Crippen LogP contribution in [0.2, 0.25) is 0 Å². The van der Waals surface area contributed by atoms with Crippen molar-refractivity contribution in [2.75, 3.05) is 7.11 Å². The van der Waals surface area contributed by atoms with Gasteiger partial charge in [-0.1, -0.05) is 19.9 Å². The number of hydrogen-bond donors (Lipinski definition) is 1. The lowest BCUT2D eigenvalue weighted by Gasteiger charge is -2.36. The van der Waals surface area contributed by atoms with Crippen LogP contribution in [-0.2, 0) is 17.6 Å². The Kier molecular flexibility index (Phi) is 5.63. The molecule has 1 amide bonds. The van der Waals surface area contributed by atoms with E-state index in [-0.39, 0.29) is 29.5 Å². The fourth-order valence-corrected chi connectivity index (χ4v) is 3.96. The van der Waals surface area contributed by atoms with E-state index in [1.165, 1.54) is 19.2 Å². The number of hydrogen-bond acceptors (Lipinski definition) is 6. The molecule has 3 aromatic rings. The average molecular weight is 421 g/mol. The Bertz CT molecular complexity index is 1100. The van der Waals surface area contributed by atoms with Gasteiger partial charge < -0.3 is 10.1 Å². The van der Waals surface area contributed by atoms with Crippen LogP contribution in [0.15, 0.2) is 43.0 Å². The van der Waals surface area contributed by atoms with E-state index in [1.54, 1.807) is 30.9 Å². The number of nitrogens with zero attached hydrogens (tertiary/aromatic N) is 4. The van der Waals surface area contributed by atoms with Gasteiger partial charge in [-0.25, -0.2) is 19.3 Å². The van der Waals surface area contributed by atoms with E-state index in [0.29, 0.717) is 17.1 Å². The Hall–Kier alpha value is -3.42. The van der Waals surface area contributed by atoms with E-state index in [0.717, 1.165) is 24.1 Å². The first-order valence-corrected chi connectivity index (χ1v) is 10.1. The quantitative estimate of drug-likeness (QED) is 0.679. The predicted octanol–water partition coefficient (Wildman–Crippen LogP) is 3.45. The van der Waals surface area contributed by atoms with E-state index >= 15 is 0 Å². The molecule has 2 heterocycles. The first-order chi connectivity index (χ1) is 14.8. The van der Waals surface area contributed by atoms with Gasteiger partial charge in [-0.15, -0.1) is 0 Å². The third-order valence-electron chi connectivity index (χ3n) is 5.39. The number of carbonyl (C=O) groups excluding carboxylic acids is 1. The van der Waals surface area contributed by atoms with Crippen molar-refractivity contribution in [1.82, 2.24) is 25.3 Å². The van der Waals surface area contributed by atoms with Gasteiger partial charge in [0, 0.05) is 24.2 Å². The highest BCUT2D eigenvalue weighted by Crippen LogP contribution is 2.40. The van der Waals surface area contributed by atoms with Gasteiger partial charge in [0.1, 0.15) is 5.69 Å². The summed E-state index contributed by atoms with van der Waals surface area (Å²) < 4.78 is 18.9. The molecule has 2 aromatic heterocycles. The number of carbonyl (C=O) groups is 1. The van der Waals surface area contributed by atoms with Crippen LogP contribution in [0.1, 0.15) is 43.1 Å². The highest BCUT2D eigenvalue weighted by molar-refractivity contribution is 5.79. The summed E-state index contributed by atoms with van der Waals surface area (Å²) in [6.45, 7) is 4.30. The van der Waals surface area contributed by atoms with Gasteiger partial charge in [0.2, 0.25) is 5.91 Å². The SMILES string of the molecule is COc1ccc(CC(=O)N[C@H]2CC(C)(C)Cc3nc(-c4cnccn4)ncc32)cc1F. The third-order valence-corrected chi connectivity index (χ3v) is 5.39. The lowest BCUT2D eigenvalue weighted by Crippen LogP contribution is -2.37. The number of rotatable bonds is 5. The molecule has 0 saturated carbocycles. The van der Waals surface area contributed by atoms with E-state index in [1.807, 2.05) is 0 Å². The van der Waals surface area contributed by atoms with Crippen molar-refractivity contribution >= 4 is 5.91 Å². The van der Waals surface area contributed by atoms with Crippen LogP contribution in [0.5, 0.6) is 5.75 Å². The van der Waals surface area contributed by atoms with E-state index < -0.39 is 5.82 Å². The zero-order chi connectivity index (χ0) is 22.0. The second-order valence-electron chi connectivity index (χ2n) is 8.50. The molecule has 0 saturated heterocycles. The Morgan fingerprint density at radius 2 is 2.10 bits per heavy atom. The number of fused-ring (bicyclic) bond motifs is 1. The van der Waals surface area contributed by atoms with Crippen molar-refractivity contribution in [2.45, 2.75) is 39.2 Å². The number of ether oxygens (including phenoxy) is 1. The van der Waals surface area contributed by atoms with Gasteiger partial charge in [0.05, 0.1) is 31.5 Å². The monoisotopic (exact) mass is 421 g/mol. The fourth-order valence-electron chi connectivity index (χ4n) is 3.96. The first kappa shape index (κ1) is 20.8. The molecule has 1 N–H and O–H groups in total. The van der Waals surface area contributed by atoms with Crippen molar-refractivity contribution in [2.24, 2.45) is 5.41 Å². The summed E-state index contributed by atoms with van der Waals surface area (Å²) in [5, 5.41) is 3.09. The molecule has 31 heavy (non-hydrogen) atoms. The highest BCUT2D eigenvalue weighted by atomic mass is 19.1. The van der Waals surface area contributed by atoms with E-state index in [9.17, 15) is 9.18 Å². The standard InChI is InChI=1S/C23H24FN5O2/c1-23(2)10-17(28-21(30)9-14-4-5-20(31-3)16(24)8-14)15-12-27-22(29-18(15)11-23)19-13-25-6-7-26-19/h4-8,12-13,17H,9-11H2,1-3H3,(H,28,30)/t17-/m0/s1. The molecular formula is C23H24FN5O2. The third kappa shape index (κ3) is 4.68. The number of nitrogens with one attached hydrogen (secondary N) is 1. The summed E-state index contributed by atoms with van der Waals surface area (Å²) in [5.74, 6) is 0.00427. The molecule has 1 aliphatic carbocycles. The fraction of sp³-hybridized carbons (Fsp3) is 0.348. The van der Waals surface area contributed by atoms with Gasteiger partial charge in [0.15, 0.2) is 17.4 Å². The van der Waals surface area contributed by atoms with Crippen LogP contribution >= 0.6 is 0 Å². The summed E-state index contributed by atoms with van der Waals surface area (Å²) in [6, 6.07) is 4.33. The predicted molar refractivity (Wildman–Crippen MR) is 113 cm³/mol. The van der Waals surface area contributed by atoms with Gasteiger partial charge in [0.25, 0.3) is 0 Å².